The molecule has 1 aromatic heterocycles. The van der Waals surface area contributed by atoms with E-state index in [1.807, 2.05) is 34.6 Å². The van der Waals surface area contributed by atoms with E-state index in [9.17, 15) is 19.5 Å². The average Bonchev–Trinajstić information content (AvgIpc) is 2.96. The molecule has 1 aliphatic carbocycles. The Bertz CT molecular complexity index is 1110. The molecule has 0 bridgehead atoms. The number of ketones is 1. The number of amides is 2. The van der Waals surface area contributed by atoms with Crippen molar-refractivity contribution in [3.8, 4) is 0 Å². The van der Waals surface area contributed by atoms with Crippen LogP contribution in [-0.4, -0.2) is 66.6 Å². The van der Waals surface area contributed by atoms with Crippen LogP contribution in [0.1, 0.15) is 112 Å². The number of aromatic nitrogens is 1. The van der Waals surface area contributed by atoms with E-state index in [1.165, 1.54) is 6.42 Å². The first kappa shape index (κ1) is 39.8. The molecule has 0 radical (unpaired) electrons. The lowest BCUT2D eigenvalue weighted by Crippen LogP contribution is -2.54. The molecule has 5 atom stereocenters. The zero-order valence-corrected chi connectivity index (χ0v) is 31.0. The summed E-state index contributed by atoms with van der Waals surface area (Å²) in [6.07, 6.45) is 7.35. The summed E-state index contributed by atoms with van der Waals surface area (Å²) in [7, 11) is -2.39. The van der Waals surface area contributed by atoms with E-state index in [1.54, 1.807) is 24.4 Å². The van der Waals surface area contributed by atoms with Gasteiger partial charge in [0.25, 0.3) is 0 Å². The Morgan fingerprint density at radius 3 is 2.17 bits per heavy atom. The summed E-state index contributed by atoms with van der Waals surface area (Å²) in [5.41, 5.74) is 5.61. The van der Waals surface area contributed by atoms with Crippen molar-refractivity contribution in [2.45, 2.75) is 148 Å². The molecule has 2 rings (SSSR count). The van der Waals surface area contributed by atoms with Gasteiger partial charge in [-0.2, -0.15) is 0 Å². The molecule has 46 heavy (non-hydrogen) atoms. The monoisotopic (exact) mass is 662 g/mol. The lowest BCUT2D eigenvalue weighted by Gasteiger charge is -2.43. The van der Waals surface area contributed by atoms with Crippen molar-refractivity contribution in [2.75, 3.05) is 6.61 Å². The highest BCUT2D eigenvalue weighted by molar-refractivity contribution is 6.74. The van der Waals surface area contributed by atoms with Gasteiger partial charge < -0.3 is 30.6 Å². The normalized spacial score (nSPS) is 18.3. The topological polar surface area (TPSA) is 153 Å². The highest BCUT2D eigenvalue weighted by Gasteiger charge is 2.43. The number of carbonyl (C=O) groups is 3. The summed E-state index contributed by atoms with van der Waals surface area (Å²) in [5.74, 6) is -1.10. The Balaban J connectivity index is 2.52. The van der Waals surface area contributed by atoms with Crippen molar-refractivity contribution in [1.82, 2.24) is 15.6 Å². The number of alkyl carbamates (subject to hydrolysis) is 1. The van der Waals surface area contributed by atoms with Crippen molar-refractivity contribution in [1.29, 1.82) is 0 Å². The second-order valence-electron chi connectivity index (χ2n) is 15.9. The van der Waals surface area contributed by atoms with E-state index in [0.717, 1.165) is 32.1 Å². The number of nitrogens with one attached hydrogen (secondary N) is 2. The van der Waals surface area contributed by atoms with Gasteiger partial charge in [-0.15, -0.1) is 0 Å². The maximum absolute atomic E-state index is 14.2. The smallest absolute Gasteiger partial charge is 0.407 e. The number of aliphatic hydroxyl groups excluding tert-OH is 1. The van der Waals surface area contributed by atoms with Crippen LogP contribution in [-0.2, 0) is 18.8 Å². The van der Waals surface area contributed by atoms with Crippen LogP contribution in [0.5, 0.6) is 0 Å². The van der Waals surface area contributed by atoms with Crippen LogP contribution in [0.15, 0.2) is 24.4 Å². The van der Waals surface area contributed by atoms with E-state index in [4.69, 9.17) is 14.9 Å². The third-order valence-electron chi connectivity index (χ3n) is 9.46. The maximum atomic E-state index is 14.2. The van der Waals surface area contributed by atoms with Crippen LogP contribution in [0.4, 0.5) is 4.79 Å². The molecule has 1 heterocycles. The summed E-state index contributed by atoms with van der Waals surface area (Å²) >= 11 is 0. The van der Waals surface area contributed by atoms with Gasteiger partial charge in [0, 0.05) is 12.1 Å². The van der Waals surface area contributed by atoms with Gasteiger partial charge in [-0.1, -0.05) is 72.8 Å². The lowest BCUT2D eigenvalue weighted by atomic mass is 9.81. The molecule has 0 spiro atoms. The molecule has 11 heteroatoms. The minimum absolute atomic E-state index is 0.112. The Hall–Kier alpha value is -2.34. The van der Waals surface area contributed by atoms with E-state index in [0.29, 0.717) is 18.0 Å². The Labute approximate surface area is 278 Å². The number of rotatable bonds is 15. The molecule has 1 fully saturated rings. The molecular weight excluding hydrogens is 600 g/mol. The number of nitrogens with two attached hydrogens (primary N) is 1. The van der Waals surface area contributed by atoms with Crippen LogP contribution in [0.2, 0.25) is 18.1 Å². The number of aliphatic hydroxyl groups is 1. The van der Waals surface area contributed by atoms with Crippen LogP contribution < -0.4 is 16.4 Å². The second-order valence-corrected chi connectivity index (χ2v) is 20.6. The van der Waals surface area contributed by atoms with Crippen LogP contribution in [0, 0.1) is 17.8 Å². The number of nitrogens with zero attached hydrogens (tertiary/aromatic N) is 1. The van der Waals surface area contributed by atoms with Crippen molar-refractivity contribution in [3.63, 3.8) is 0 Å². The van der Waals surface area contributed by atoms with Crippen molar-refractivity contribution < 1.29 is 28.7 Å². The van der Waals surface area contributed by atoms with Gasteiger partial charge in [0.2, 0.25) is 5.91 Å². The van der Waals surface area contributed by atoms with Crippen molar-refractivity contribution in [2.24, 2.45) is 23.5 Å². The molecule has 0 aliphatic heterocycles. The van der Waals surface area contributed by atoms with Crippen molar-refractivity contribution >= 4 is 26.1 Å². The molecule has 262 valence electrons. The van der Waals surface area contributed by atoms with Crippen LogP contribution >= 0.6 is 0 Å². The summed E-state index contributed by atoms with van der Waals surface area (Å²) in [5, 5.41) is 15.6. The first-order valence-electron chi connectivity index (χ1n) is 17.0. The first-order chi connectivity index (χ1) is 21.3. The summed E-state index contributed by atoms with van der Waals surface area (Å²) in [6.45, 7) is 19.8. The fraction of sp³-hybridized carbons (Fsp3) is 0.771. The van der Waals surface area contributed by atoms with Gasteiger partial charge in [0.05, 0.1) is 30.5 Å². The van der Waals surface area contributed by atoms with Gasteiger partial charge in [-0.05, 0) is 75.7 Å². The molecule has 1 aliphatic rings. The molecular formula is C35H62N4O6Si. The third kappa shape index (κ3) is 12.4. The number of hydrogen-bond donors (Lipinski definition) is 4. The molecule has 1 saturated carbocycles. The quantitative estimate of drug-likeness (QED) is 0.166. The van der Waals surface area contributed by atoms with E-state index >= 15 is 0 Å². The molecule has 1 unspecified atom stereocenters. The summed E-state index contributed by atoms with van der Waals surface area (Å²) < 4.78 is 12.8. The standard InChI is InChI=1S/C35H62N4O6Si/c1-23(2)25(32(42)39-30(31(41)26(36)22-40)27-18-14-15-19-37-27)21-29(45-46(9,10)35(6,7)8)28(20-24-16-12-11-13-17-24)38-33(43)44-34(3,4)5/h14-15,18-19,23-26,28-30,40H,11-13,16-17,20-22,36H2,1-10H3,(H,38,43)(H,39,42)/t25-,26-,28-,29-,30?/m0/s1. The van der Waals surface area contributed by atoms with Crippen molar-refractivity contribution in [3.05, 3.63) is 30.1 Å². The predicted octanol–water partition coefficient (Wildman–Crippen LogP) is 6.04. The average molecular weight is 663 g/mol. The Morgan fingerprint density at radius 1 is 1.04 bits per heavy atom. The molecule has 0 aromatic carbocycles. The largest absolute Gasteiger partial charge is 0.444 e. The third-order valence-corrected chi connectivity index (χ3v) is 14.0. The molecule has 10 nitrogen and oxygen atoms in total. The molecule has 5 N–H and O–H groups in total. The van der Waals surface area contributed by atoms with E-state index in [2.05, 4.69) is 49.5 Å². The van der Waals surface area contributed by atoms with Gasteiger partial charge in [-0.25, -0.2) is 4.79 Å². The second kappa shape index (κ2) is 17.2. The molecule has 0 saturated heterocycles. The first-order valence-corrected chi connectivity index (χ1v) is 19.9. The minimum Gasteiger partial charge on any atom is -0.444 e. The van der Waals surface area contributed by atoms with Crippen LogP contribution in [0.3, 0.4) is 0 Å². The number of carbonyl (C=O) groups excluding carboxylic acids is 3. The number of pyridine rings is 1. The zero-order valence-electron chi connectivity index (χ0n) is 30.0. The van der Waals surface area contributed by atoms with Crippen LogP contribution in [0.25, 0.3) is 0 Å². The lowest BCUT2D eigenvalue weighted by molar-refractivity contribution is -0.133. The Morgan fingerprint density at radius 2 is 1.67 bits per heavy atom. The maximum Gasteiger partial charge on any atom is 0.407 e. The summed E-state index contributed by atoms with van der Waals surface area (Å²) in [4.78, 5) is 45.0. The van der Waals surface area contributed by atoms with Gasteiger partial charge in [0.1, 0.15) is 11.6 Å². The minimum atomic E-state index is -2.39. The number of Topliss-reactive ketones (excluding diaryl/α,β-unsaturated/α-hetero) is 1. The SMILES string of the molecule is CC(C)[C@H](C[C@H](O[Si](C)(C)C(C)(C)C)[C@H](CC1CCCCC1)NC(=O)OC(C)(C)C)C(=O)NC(C(=O)[C@@H](N)CO)c1ccccn1. The Kier molecular flexibility index (Phi) is 14.9. The highest BCUT2D eigenvalue weighted by Crippen LogP contribution is 2.40. The fourth-order valence-electron chi connectivity index (χ4n) is 5.72. The molecule has 1 aromatic rings. The summed E-state index contributed by atoms with van der Waals surface area (Å²) in [6, 6.07) is 2.46. The van der Waals surface area contributed by atoms with E-state index < -0.39 is 56.5 Å². The van der Waals surface area contributed by atoms with Gasteiger partial charge in [-0.3, -0.25) is 14.6 Å². The van der Waals surface area contributed by atoms with Gasteiger partial charge in [0.15, 0.2) is 14.1 Å². The number of hydrogen-bond acceptors (Lipinski definition) is 8. The molecule has 2 amide bonds. The fourth-order valence-corrected chi connectivity index (χ4v) is 7.09. The van der Waals surface area contributed by atoms with Gasteiger partial charge >= 0.3 is 6.09 Å². The highest BCUT2D eigenvalue weighted by atomic mass is 28.4. The predicted molar refractivity (Wildman–Crippen MR) is 185 cm³/mol. The number of ether oxygens (including phenoxy) is 1. The van der Waals surface area contributed by atoms with E-state index in [-0.39, 0.29) is 22.9 Å². The zero-order chi connectivity index (χ0) is 34.9.